The van der Waals surface area contributed by atoms with Gasteiger partial charge in [0.15, 0.2) is 0 Å². The molecule has 5 heteroatoms. The van der Waals surface area contributed by atoms with Crippen molar-refractivity contribution in [2.24, 2.45) is 0 Å². The molecule has 1 fully saturated rings. The van der Waals surface area contributed by atoms with Gasteiger partial charge in [-0.15, -0.1) is 0 Å². The van der Waals surface area contributed by atoms with E-state index in [9.17, 15) is 4.79 Å². The van der Waals surface area contributed by atoms with Crippen molar-refractivity contribution < 1.29 is 4.79 Å². The summed E-state index contributed by atoms with van der Waals surface area (Å²) in [5.41, 5.74) is 3.88. The molecule has 1 aliphatic heterocycles. The predicted molar refractivity (Wildman–Crippen MR) is 112 cm³/mol. The average Bonchev–Trinajstić information content (AvgIpc) is 3.42. The molecule has 0 spiro atoms. The number of aromatic nitrogens is 2. The van der Waals surface area contributed by atoms with Gasteiger partial charge in [0.05, 0.1) is 6.33 Å². The molecule has 0 radical (unpaired) electrons. The number of carbonyl (C=O) groups is 1. The van der Waals surface area contributed by atoms with Crippen LogP contribution in [0.1, 0.15) is 34.3 Å². The zero-order valence-electron chi connectivity index (χ0n) is 16.1. The molecule has 5 nitrogen and oxygen atoms in total. The van der Waals surface area contributed by atoms with E-state index in [0.717, 1.165) is 24.2 Å². The third-order valence-electron chi connectivity index (χ3n) is 5.24. The van der Waals surface area contributed by atoms with Crippen LogP contribution in [0.2, 0.25) is 0 Å². The molecule has 0 bridgehead atoms. The fourth-order valence-corrected chi connectivity index (χ4v) is 3.65. The van der Waals surface area contributed by atoms with Gasteiger partial charge >= 0.3 is 0 Å². The van der Waals surface area contributed by atoms with E-state index in [-0.39, 0.29) is 5.91 Å². The van der Waals surface area contributed by atoms with Gasteiger partial charge < -0.3 is 14.8 Å². The van der Waals surface area contributed by atoms with E-state index in [1.165, 1.54) is 31.5 Å². The number of hydrogen-bond donors (Lipinski definition) is 1. The molecule has 2 heterocycles. The van der Waals surface area contributed by atoms with Gasteiger partial charge in [-0.1, -0.05) is 24.3 Å². The number of rotatable bonds is 7. The van der Waals surface area contributed by atoms with Crippen molar-refractivity contribution in [2.45, 2.75) is 25.8 Å². The molecule has 0 aliphatic carbocycles. The number of amides is 1. The summed E-state index contributed by atoms with van der Waals surface area (Å²) < 4.78 is 1.98. The van der Waals surface area contributed by atoms with Crippen LogP contribution < -0.4 is 5.32 Å². The highest BCUT2D eigenvalue weighted by atomic mass is 16.1. The van der Waals surface area contributed by atoms with Crippen molar-refractivity contribution in [3.8, 4) is 0 Å². The van der Waals surface area contributed by atoms with Gasteiger partial charge in [-0.2, -0.15) is 0 Å². The summed E-state index contributed by atoms with van der Waals surface area (Å²) in [4.78, 5) is 19.2. The Morgan fingerprint density at radius 3 is 2.61 bits per heavy atom. The number of hydrogen-bond acceptors (Lipinski definition) is 3. The van der Waals surface area contributed by atoms with E-state index in [1.807, 2.05) is 47.2 Å². The van der Waals surface area contributed by atoms with Crippen LogP contribution in [-0.2, 0) is 13.0 Å². The quantitative estimate of drug-likeness (QED) is 0.684. The third kappa shape index (κ3) is 4.87. The molecular weight excluding hydrogens is 348 g/mol. The van der Waals surface area contributed by atoms with E-state index in [1.54, 1.807) is 12.5 Å². The first-order valence-corrected chi connectivity index (χ1v) is 9.94. The van der Waals surface area contributed by atoms with Crippen LogP contribution in [-0.4, -0.2) is 40.0 Å². The molecule has 1 N–H and O–H groups in total. The summed E-state index contributed by atoms with van der Waals surface area (Å²) in [7, 11) is 0. The van der Waals surface area contributed by atoms with Gasteiger partial charge in [-0.05, 0) is 67.7 Å². The number of likely N-dealkylation sites (tertiary alicyclic amines) is 1. The number of anilines is 1. The molecule has 1 saturated heterocycles. The molecule has 2 aromatic carbocycles. The molecular formula is C23H26N4O. The number of carbonyl (C=O) groups excluding carboxylic acids is 1. The summed E-state index contributed by atoms with van der Waals surface area (Å²) in [6.45, 7) is 4.28. The van der Waals surface area contributed by atoms with E-state index in [2.05, 4.69) is 27.3 Å². The fourth-order valence-electron chi connectivity index (χ4n) is 3.65. The summed E-state index contributed by atoms with van der Waals surface area (Å²) >= 11 is 0. The highest BCUT2D eigenvalue weighted by Crippen LogP contribution is 2.15. The first-order chi connectivity index (χ1) is 13.8. The Balaban J connectivity index is 1.34. The smallest absolute Gasteiger partial charge is 0.255 e. The zero-order chi connectivity index (χ0) is 19.2. The zero-order valence-corrected chi connectivity index (χ0v) is 16.1. The van der Waals surface area contributed by atoms with Gasteiger partial charge in [0.25, 0.3) is 5.91 Å². The minimum atomic E-state index is -0.0858. The molecule has 28 heavy (non-hydrogen) atoms. The van der Waals surface area contributed by atoms with Crippen molar-refractivity contribution in [3.05, 3.63) is 83.9 Å². The van der Waals surface area contributed by atoms with Crippen molar-refractivity contribution in [2.75, 3.05) is 25.0 Å². The molecule has 4 rings (SSSR count). The molecule has 1 aromatic heterocycles. The summed E-state index contributed by atoms with van der Waals surface area (Å²) in [5.74, 6) is -0.0858. The normalized spacial score (nSPS) is 14.3. The van der Waals surface area contributed by atoms with Crippen LogP contribution in [0, 0.1) is 0 Å². The first-order valence-electron chi connectivity index (χ1n) is 9.94. The number of nitrogens with one attached hydrogen (secondary N) is 1. The highest BCUT2D eigenvalue weighted by molar-refractivity contribution is 6.04. The molecule has 0 unspecified atom stereocenters. The van der Waals surface area contributed by atoms with Gasteiger partial charge in [0, 0.05) is 36.7 Å². The average molecular weight is 374 g/mol. The molecule has 1 amide bonds. The van der Waals surface area contributed by atoms with Crippen LogP contribution in [0.3, 0.4) is 0 Å². The topological polar surface area (TPSA) is 50.2 Å². The number of nitrogens with zero attached hydrogens (tertiary/aromatic N) is 3. The van der Waals surface area contributed by atoms with E-state index in [0.29, 0.717) is 12.1 Å². The maximum atomic E-state index is 12.6. The van der Waals surface area contributed by atoms with Crippen molar-refractivity contribution in [3.63, 3.8) is 0 Å². The standard InChI is InChI=1S/C23H26N4O/c28-23(21-5-3-4-20(16-21)17-27-15-11-24-18-27)25-22-8-6-19(7-9-22)10-14-26-12-1-2-13-26/h3-9,11,15-16,18H,1-2,10,12-14,17H2,(H,25,28). The SMILES string of the molecule is O=C(Nc1ccc(CCN2CCCC2)cc1)c1cccc(Cn2ccnc2)c1. The lowest BCUT2D eigenvalue weighted by Gasteiger charge is -2.14. The van der Waals surface area contributed by atoms with E-state index >= 15 is 0 Å². The second kappa shape index (κ2) is 8.85. The Kier molecular flexibility index (Phi) is 5.83. The minimum absolute atomic E-state index is 0.0858. The number of benzene rings is 2. The first kappa shape index (κ1) is 18.4. The van der Waals surface area contributed by atoms with Crippen LogP contribution in [0.5, 0.6) is 0 Å². The number of imidazole rings is 1. The van der Waals surface area contributed by atoms with Gasteiger partial charge in [0.2, 0.25) is 0 Å². The maximum absolute atomic E-state index is 12.6. The van der Waals surface area contributed by atoms with E-state index < -0.39 is 0 Å². The lowest BCUT2D eigenvalue weighted by molar-refractivity contribution is 0.102. The summed E-state index contributed by atoms with van der Waals surface area (Å²) in [6, 6.07) is 15.9. The van der Waals surface area contributed by atoms with Crippen LogP contribution >= 0.6 is 0 Å². The predicted octanol–water partition coefficient (Wildman–Crippen LogP) is 3.82. The van der Waals surface area contributed by atoms with Crippen molar-refractivity contribution in [1.29, 1.82) is 0 Å². The van der Waals surface area contributed by atoms with Crippen LogP contribution in [0.4, 0.5) is 5.69 Å². The minimum Gasteiger partial charge on any atom is -0.333 e. The lowest BCUT2D eigenvalue weighted by atomic mass is 10.1. The van der Waals surface area contributed by atoms with Gasteiger partial charge in [-0.3, -0.25) is 4.79 Å². The monoisotopic (exact) mass is 374 g/mol. The molecule has 3 aromatic rings. The molecule has 0 atom stereocenters. The Hall–Kier alpha value is -2.92. The second-order valence-electron chi connectivity index (χ2n) is 7.39. The Bertz CT molecular complexity index is 897. The van der Waals surface area contributed by atoms with Crippen LogP contribution in [0.15, 0.2) is 67.3 Å². The fraction of sp³-hybridized carbons (Fsp3) is 0.304. The summed E-state index contributed by atoms with van der Waals surface area (Å²) in [6.07, 6.45) is 9.16. The Labute approximate surface area is 166 Å². The molecule has 144 valence electrons. The molecule has 0 saturated carbocycles. The van der Waals surface area contributed by atoms with Gasteiger partial charge in [-0.25, -0.2) is 4.98 Å². The van der Waals surface area contributed by atoms with E-state index in [4.69, 9.17) is 0 Å². The Morgan fingerprint density at radius 2 is 1.86 bits per heavy atom. The third-order valence-corrected chi connectivity index (χ3v) is 5.24. The molecule has 1 aliphatic rings. The lowest BCUT2D eigenvalue weighted by Crippen LogP contribution is -2.21. The second-order valence-corrected chi connectivity index (χ2v) is 7.39. The van der Waals surface area contributed by atoms with Gasteiger partial charge in [0.1, 0.15) is 0 Å². The van der Waals surface area contributed by atoms with Crippen LogP contribution in [0.25, 0.3) is 0 Å². The highest BCUT2D eigenvalue weighted by Gasteiger charge is 2.11. The van der Waals surface area contributed by atoms with Crippen molar-refractivity contribution >= 4 is 11.6 Å². The largest absolute Gasteiger partial charge is 0.333 e. The maximum Gasteiger partial charge on any atom is 0.255 e. The summed E-state index contributed by atoms with van der Waals surface area (Å²) in [5, 5.41) is 3.00. The Morgan fingerprint density at radius 1 is 1.04 bits per heavy atom. The van der Waals surface area contributed by atoms with Crippen molar-refractivity contribution in [1.82, 2.24) is 14.5 Å².